The van der Waals surface area contributed by atoms with Gasteiger partial charge in [0.25, 0.3) is 0 Å². The Bertz CT molecular complexity index is 1060. The Morgan fingerprint density at radius 1 is 0.774 bits per heavy atom. The predicted molar refractivity (Wildman–Crippen MR) is 124 cm³/mol. The second-order valence-corrected chi connectivity index (χ2v) is 7.82. The lowest BCUT2D eigenvalue weighted by molar-refractivity contribution is -0.134. The molecule has 0 aliphatic heterocycles. The van der Waals surface area contributed by atoms with Gasteiger partial charge in [0.2, 0.25) is 0 Å². The molecule has 1 aliphatic rings. The third-order valence-electron chi connectivity index (χ3n) is 5.84. The quantitative estimate of drug-likeness (QED) is 0.323. The zero-order valence-corrected chi connectivity index (χ0v) is 18.5. The highest BCUT2D eigenvalue weighted by molar-refractivity contribution is 6.17. The number of ether oxygens (including phenoxy) is 2. The fourth-order valence-corrected chi connectivity index (χ4v) is 3.66. The van der Waals surface area contributed by atoms with Crippen LogP contribution in [-0.4, -0.2) is 25.8 Å². The summed E-state index contributed by atoms with van der Waals surface area (Å²) >= 11 is 0. The number of carbonyl (C=O) groups is 2. The number of carbonyl (C=O) groups excluding carboxylic acids is 2. The summed E-state index contributed by atoms with van der Waals surface area (Å²) in [6, 6.07) is 11.5. The van der Waals surface area contributed by atoms with Gasteiger partial charge in [-0.25, -0.2) is 0 Å². The summed E-state index contributed by atoms with van der Waals surface area (Å²) in [4.78, 5) is 26.2. The third kappa shape index (κ3) is 4.85. The van der Waals surface area contributed by atoms with Crippen LogP contribution in [0.5, 0.6) is 11.5 Å². The Labute approximate surface area is 183 Å². The molecule has 0 atom stereocenters. The standard InChI is InChI=1S/C27H28O4/c1-19-7-8-21(17-20(19)2)10-13-25(28)27(15-5-6-16-27)26(29)14-11-22-9-12-23(30-3)24(18-22)31-4/h5-14,17-18H,15-16H2,1-4H3/b13-10+,14-11+. The number of ketones is 2. The van der Waals surface area contributed by atoms with E-state index in [1.54, 1.807) is 44.6 Å². The molecule has 1 aliphatic carbocycles. The van der Waals surface area contributed by atoms with E-state index < -0.39 is 5.41 Å². The molecule has 0 N–H and O–H groups in total. The van der Waals surface area contributed by atoms with E-state index in [2.05, 4.69) is 6.92 Å². The molecule has 0 saturated carbocycles. The first-order valence-electron chi connectivity index (χ1n) is 10.3. The summed E-state index contributed by atoms with van der Waals surface area (Å²) in [5.41, 5.74) is 3.05. The Hall–Kier alpha value is -3.40. The Morgan fingerprint density at radius 2 is 1.32 bits per heavy atom. The maximum Gasteiger partial charge on any atom is 0.170 e. The molecule has 0 radical (unpaired) electrons. The molecule has 0 spiro atoms. The van der Waals surface area contributed by atoms with Crippen LogP contribution in [0.4, 0.5) is 0 Å². The van der Waals surface area contributed by atoms with Gasteiger partial charge in [0, 0.05) is 0 Å². The molecule has 0 heterocycles. The maximum absolute atomic E-state index is 13.1. The first kappa shape index (κ1) is 22.3. The molecule has 0 saturated heterocycles. The predicted octanol–water partition coefficient (Wildman–Crippen LogP) is 5.52. The van der Waals surface area contributed by atoms with E-state index in [9.17, 15) is 9.59 Å². The molecule has 160 valence electrons. The molecule has 0 amide bonds. The van der Waals surface area contributed by atoms with Crippen molar-refractivity contribution in [1.82, 2.24) is 0 Å². The first-order chi connectivity index (χ1) is 14.9. The maximum atomic E-state index is 13.1. The van der Waals surface area contributed by atoms with Crippen LogP contribution in [0.3, 0.4) is 0 Å². The number of methoxy groups -OCH3 is 2. The molecule has 0 unspecified atom stereocenters. The van der Waals surface area contributed by atoms with Crippen molar-refractivity contribution in [3.05, 3.63) is 83.0 Å². The van der Waals surface area contributed by atoms with Crippen molar-refractivity contribution in [2.45, 2.75) is 26.7 Å². The molecule has 0 fully saturated rings. The SMILES string of the molecule is COc1ccc(/C=C/C(=O)C2(C(=O)/C=C/c3ccc(C)c(C)c3)CC=CC2)cc1OC. The Morgan fingerprint density at radius 3 is 1.87 bits per heavy atom. The van der Waals surface area contributed by atoms with Crippen LogP contribution in [0.1, 0.15) is 35.1 Å². The van der Waals surface area contributed by atoms with E-state index in [4.69, 9.17) is 9.47 Å². The lowest BCUT2D eigenvalue weighted by Gasteiger charge is -2.22. The van der Waals surface area contributed by atoms with E-state index in [0.29, 0.717) is 24.3 Å². The van der Waals surface area contributed by atoms with Crippen LogP contribution in [0.25, 0.3) is 12.2 Å². The van der Waals surface area contributed by atoms with Gasteiger partial charge in [-0.15, -0.1) is 0 Å². The van der Waals surface area contributed by atoms with Crippen LogP contribution in [0, 0.1) is 19.3 Å². The third-order valence-corrected chi connectivity index (χ3v) is 5.84. The molecular weight excluding hydrogens is 388 g/mol. The van der Waals surface area contributed by atoms with Crippen molar-refractivity contribution in [3.8, 4) is 11.5 Å². The minimum atomic E-state index is -1.07. The second-order valence-electron chi connectivity index (χ2n) is 7.82. The van der Waals surface area contributed by atoms with Crippen molar-refractivity contribution in [2.75, 3.05) is 14.2 Å². The van der Waals surface area contributed by atoms with Crippen molar-refractivity contribution >= 4 is 23.7 Å². The van der Waals surface area contributed by atoms with Crippen molar-refractivity contribution < 1.29 is 19.1 Å². The van der Waals surface area contributed by atoms with Crippen LogP contribution >= 0.6 is 0 Å². The Balaban J connectivity index is 1.80. The normalized spacial score (nSPS) is 15.0. The summed E-state index contributed by atoms with van der Waals surface area (Å²) < 4.78 is 10.6. The van der Waals surface area contributed by atoms with Crippen molar-refractivity contribution in [2.24, 2.45) is 5.41 Å². The van der Waals surface area contributed by atoms with Gasteiger partial charge in [-0.1, -0.05) is 48.6 Å². The van der Waals surface area contributed by atoms with Crippen LogP contribution in [0.2, 0.25) is 0 Å². The average Bonchev–Trinajstić information content (AvgIpc) is 3.29. The molecule has 4 nitrogen and oxygen atoms in total. The zero-order chi connectivity index (χ0) is 22.4. The van der Waals surface area contributed by atoms with E-state index in [1.807, 2.05) is 43.3 Å². The highest BCUT2D eigenvalue weighted by Gasteiger charge is 2.42. The number of allylic oxidation sites excluding steroid dienone is 4. The average molecular weight is 417 g/mol. The van der Waals surface area contributed by atoms with E-state index in [0.717, 1.165) is 11.1 Å². The van der Waals surface area contributed by atoms with Gasteiger partial charge >= 0.3 is 0 Å². The number of hydrogen-bond donors (Lipinski definition) is 0. The molecular formula is C27H28O4. The summed E-state index contributed by atoms with van der Waals surface area (Å²) in [7, 11) is 3.14. The summed E-state index contributed by atoms with van der Waals surface area (Å²) in [6.07, 6.45) is 11.2. The molecule has 3 rings (SSSR count). The smallest absolute Gasteiger partial charge is 0.170 e. The minimum absolute atomic E-state index is 0.169. The fraction of sp³-hybridized carbons (Fsp3) is 0.259. The molecule has 0 aromatic heterocycles. The number of hydrogen-bond acceptors (Lipinski definition) is 4. The van der Waals surface area contributed by atoms with Gasteiger partial charge in [0.05, 0.1) is 14.2 Å². The highest BCUT2D eigenvalue weighted by atomic mass is 16.5. The van der Waals surface area contributed by atoms with Gasteiger partial charge in [0.1, 0.15) is 5.41 Å². The fourth-order valence-electron chi connectivity index (χ4n) is 3.66. The van der Waals surface area contributed by atoms with Crippen molar-refractivity contribution in [1.29, 1.82) is 0 Å². The van der Waals surface area contributed by atoms with Gasteiger partial charge in [-0.05, 0) is 73.2 Å². The van der Waals surface area contributed by atoms with Crippen LogP contribution < -0.4 is 9.47 Å². The highest BCUT2D eigenvalue weighted by Crippen LogP contribution is 2.37. The lowest BCUT2D eigenvalue weighted by atomic mass is 9.76. The molecule has 0 bridgehead atoms. The molecule has 2 aromatic rings. The summed E-state index contributed by atoms with van der Waals surface area (Å²) in [5.74, 6) is 0.843. The summed E-state index contributed by atoms with van der Waals surface area (Å²) in [5, 5.41) is 0. The number of rotatable bonds is 8. The van der Waals surface area contributed by atoms with Crippen molar-refractivity contribution in [3.63, 3.8) is 0 Å². The van der Waals surface area contributed by atoms with Gasteiger partial charge in [-0.3, -0.25) is 9.59 Å². The van der Waals surface area contributed by atoms with Gasteiger partial charge in [-0.2, -0.15) is 0 Å². The summed E-state index contributed by atoms with van der Waals surface area (Å²) in [6.45, 7) is 4.09. The van der Waals surface area contributed by atoms with Crippen LogP contribution in [-0.2, 0) is 9.59 Å². The number of aryl methyl sites for hydroxylation is 2. The Kier molecular flexibility index (Phi) is 6.91. The number of benzene rings is 2. The molecule has 2 aromatic carbocycles. The lowest BCUT2D eigenvalue weighted by Crippen LogP contribution is -2.35. The van der Waals surface area contributed by atoms with Crippen LogP contribution in [0.15, 0.2) is 60.7 Å². The van der Waals surface area contributed by atoms with E-state index in [-0.39, 0.29) is 11.6 Å². The largest absolute Gasteiger partial charge is 0.493 e. The monoisotopic (exact) mass is 416 g/mol. The zero-order valence-electron chi connectivity index (χ0n) is 18.5. The topological polar surface area (TPSA) is 52.6 Å². The van der Waals surface area contributed by atoms with Gasteiger partial charge in [0.15, 0.2) is 23.1 Å². The van der Waals surface area contributed by atoms with E-state index in [1.165, 1.54) is 17.2 Å². The molecule has 4 heteroatoms. The van der Waals surface area contributed by atoms with Gasteiger partial charge < -0.3 is 9.47 Å². The first-order valence-corrected chi connectivity index (χ1v) is 10.3. The minimum Gasteiger partial charge on any atom is -0.493 e. The molecule has 31 heavy (non-hydrogen) atoms. The van der Waals surface area contributed by atoms with E-state index >= 15 is 0 Å². The second kappa shape index (κ2) is 9.61.